The van der Waals surface area contributed by atoms with E-state index in [0.717, 1.165) is 0 Å². The molecular weight excluding hydrogens is 291 g/mol. The molecule has 0 radical (unpaired) electrons. The molecule has 0 aliphatic carbocycles. The number of hydrogen-bond acceptors (Lipinski definition) is 3. The van der Waals surface area contributed by atoms with E-state index >= 15 is 0 Å². The van der Waals surface area contributed by atoms with Crippen molar-refractivity contribution in [3.8, 4) is 0 Å². The fourth-order valence-corrected chi connectivity index (χ4v) is 2.33. The first-order chi connectivity index (χ1) is 8.88. The Hall–Kier alpha value is -1.59. The maximum absolute atomic E-state index is 12.3. The fraction of sp³-hybridized carbons (Fsp3) is 0.250. The summed E-state index contributed by atoms with van der Waals surface area (Å²) in [5.41, 5.74) is 0.242. The summed E-state index contributed by atoms with van der Waals surface area (Å²) in [6, 6.07) is 3.67. The number of piperazine rings is 1. The second-order valence-corrected chi connectivity index (χ2v) is 5.05. The average Bonchev–Trinajstić information content (AvgIpc) is 2.31. The van der Waals surface area contributed by atoms with Crippen molar-refractivity contribution in [2.24, 2.45) is 0 Å². The predicted octanol–water partition coefficient (Wildman–Crippen LogP) is 1.48. The highest BCUT2D eigenvalue weighted by atomic mass is 35.5. The van der Waals surface area contributed by atoms with Crippen LogP contribution in [-0.2, 0) is 9.59 Å². The van der Waals surface area contributed by atoms with Gasteiger partial charge in [0.25, 0.3) is 5.91 Å². The van der Waals surface area contributed by atoms with Gasteiger partial charge in [-0.2, -0.15) is 0 Å². The van der Waals surface area contributed by atoms with E-state index in [0.29, 0.717) is 10.0 Å². The lowest BCUT2D eigenvalue weighted by atomic mass is 10.1. The van der Waals surface area contributed by atoms with Crippen molar-refractivity contribution in [2.75, 3.05) is 6.54 Å². The number of carbonyl (C=O) groups excluding carboxylic acids is 3. The van der Waals surface area contributed by atoms with Gasteiger partial charge in [0.1, 0.15) is 12.6 Å². The van der Waals surface area contributed by atoms with Crippen molar-refractivity contribution in [1.29, 1.82) is 0 Å². The average molecular weight is 301 g/mol. The molecule has 2 rings (SSSR count). The van der Waals surface area contributed by atoms with E-state index in [1.807, 2.05) is 0 Å². The zero-order valence-corrected chi connectivity index (χ0v) is 11.5. The van der Waals surface area contributed by atoms with Crippen LogP contribution in [0.4, 0.5) is 0 Å². The normalized spacial score (nSPS) is 19.3. The summed E-state index contributed by atoms with van der Waals surface area (Å²) in [7, 11) is 0. The number of benzene rings is 1. The summed E-state index contributed by atoms with van der Waals surface area (Å²) in [4.78, 5) is 36.3. The Balaban J connectivity index is 2.32. The largest absolute Gasteiger partial charge is 0.318 e. The molecule has 1 N–H and O–H groups in total. The summed E-state index contributed by atoms with van der Waals surface area (Å²) in [6.45, 7) is 1.38. The quantitative estimate of drug-likeness (QED) is 0.799. The SMILES string of the molecule is CC1C(=O)NC(=O)CN1C(=O)c1cc(Cl)cc(Cl)c1. The molecule has 0 aromatic heterocycles. The van der Waals surface area contributed by atoms with E-state index < -0.39 is 23.8 Å². The monoisotopic (exact) mass is 300 g/mol. The van der Waals surface area contributed by atoms with Gasteiger partial charge in [-0.3, -0.25) is 19.7 Å². The molecule has 1 aromatic carbocycles. The predicted molar refractivity (Wildman–Crippen MR) is 70.1 cm³/mol. The molecule has 0 bridgehead atoms. The lowest BCUT2D eigenvalue weighted by molar-refractivity contribution is -0.138. The van der Waals surface area contributed by atoms with Crippen molar-refractivity contribution < 1.29 is 14.4 Å². The number of halogens is 2. The molecular formula is C12H10Cl2N2O3. The summed E-state index contributed by atoms with van der Waals surface area (Å²) >= 11 is 11.7. The zero-order chi connectivity index (χ0) is 14.2. The van der Waals surface area contributed by atoms with Crippen LogP contribution in [0.25, 0.3) is 0 Å². The Morgan fingerprint density at radius 2 is 1.84 bits per heavy atom. The number of hydrogen-bond donors (Lipinski definition) is 1. The Kier molecular flexibility index (Phi) is 3.78. The number of imide groups is 1. The molecule has 1 saturated heterocycles. The summed E-state index contributed by atoms with van der Waals surface area (Å²) in [5.74, 6) is -1.47. The molecule has 1 unspecified atom stereocenters. The van der Waals surface area contributed by atoms with Crippen molar-refractivity contribution in [1.82, 2.24) is 10.2 Å². The first-order valence-corrected chi connectivity index (χ1v) is 6.25. The van der Waals surface area contributed by atoms with Gasteiger partial charge in [0.05, 0.1) is 0 Å². The van der Waals surface area contributed by atoms with Crippen LogP contribution in [-0.4, -0.2) is 35.2 Å². The lowest BCUT2D eigenvalue weighted by Crippen LogP contribution is -2.58. The lowest BCUT2D eigenvalue weighted by Gasteiger charge is -2.31. The molecule has 7 heteroatoms. The van der Waals surface area contributed by atoms with Crippen LogP contribution in [0.3, 0.4) is 0 Å². The number of nitrogens with one attached hydrogen (secondary N) is 1. The Bertz CT molecular complexity index is 554. The van der Waals surface area contributed by atoms with Crippen molar-refractivity contribution in [3.63, 3.8) is 0 Å². The smallest absolute Gasteiger partial charge is 0.255 e. The first kappa shape index (κ1) is 13.8. The third-order valence-electron chi connectivity index (χ3n) is 2.79. The molecule has 100 valence electrons. The van der Waals surface area contributed by atoms with Crippen LogP contribution in [0.5, 0.6) is 0 Å². The van der Waals surface area contributed by atoms with E-state index in [9.17, 15) is 14.4 Å². The van der Waals surface area contributed by atoms with Gasteiger partial charge in [-0.25, -0.2) is 0 Å². The van der Waals surface area contributed by atoms with Gasteiger partial charge in [-0.1, -0.05) is 23.2 Å². The molecule has 0 saturated carbocycles. The molecule has 1 heterocycles. The first-order valence-electron chi connectivity index (χ1n) is 5.49. The van der Waals surface area contributed by atoms with Gasteiger partial charge >= 0.3 is 0 Å². The standard InChI is InChI=1S/C12H10Cl2N2O3/c1-6-11(18)15-10(17)5-16(6)12(19)7-2-8(13)4-9(14)3-7/h2-4,6H,5H2,1H3,(H,15,17,18). The molecule has 1 aromatic rings. The van der Waals surface area contributed by atoms with Crippen LogP contribution in [0.2, 0.25) is 10.0 Å². The van der Waals surface area contributed by atoms with Gasteiger partial charge in [-0.15, -0.1) is 0 Å². The van der Waals surface area contributed by atoms with E-state index in [1.165, 1.54) is 23.1 Å². The third kappa shape index (κ3) is 2.88. The Morgan fingerprint density at radius 3 is 2.42 bits per heavy atom. The summed E-state index contributed by atoms with van der Waals surface area (Å²) in [6.07, 6.45) is 0. The highest BCUT2D eigenvalue weighted by Crippen LogP contribution is 2.21. The number of rotatable bonds is 1. The highest BCUT2D eigenvalue weighted by Gasteiger charge is 2.34. The third-order valence-corrected chi connectivity index (χ3v) is 3.23. The van der Waals surface area contributed by atoms with E-state index in [1.54, 1.807) is 6.92 Å². The van der Waals surface area contributed by atoms with Crippen LogP contribution in [0.15, 0.2) is 18.2 Å². The molecule has 5 nitrogen and oxygen atoms in total. The second kappa shape index (κ2) is 5.19. The van der Waals surface area contributed by atoms with Crippen molar-refractivity contribution in [2.45, 2.75) is 13.0 Å². The molecule has 1 aliphatic heterocycles. The molecule has 19 heavy (non-hydrogen) atoms. The van der Waals surface area contributed by atoms with Crippen LogP contribution < -0.4 is 5.32 Å². The van der Waals surface area contributed by atoms with Gasteiger partial charge in [0.2, 0.25) is 11.8 Å². The van der Waals surface area contributed by atoms with E-state index in [-0.39, 0.29) is 12.1 Å². The minimum atomic E-state index is -0.719. The van der Waals surface area contributed by atoms with Gasteiger partial charge < -0.3 is 4.90 Å². The summed E-state index contributed by atoms with van der Waals surface area (Å²) in [5, 5.41) is 2.80. The van der Waals surface area contributed by atoms with Crippen LogP contribution in [0.1, 0.15) is 17.3 Å². The minimum Gasteiger partial charge on any atom is -0.318 e. The van der Waals surface area contributed by atoms with E-state index in [2.05, 4.69) is 5.32 Å². The second-order valence-electron chi connectivity index (χ2n) is 4.18. The van der Waals surface area contributed by atoms with Crippen molar-refractivity contribution in [3.05, 3.63) is 33.8 Å². The van der Waals surface area contributed by atoms with Crippen LogP contribution in [0, 0.1) is 0 Å². The van der Waals surface area contributed by atoms with Crippen LogP contribution >= 0.6 is 23.2 Å². The maximum atomic E-state index is 12.3. The van der Waals surface area contributed by atoms with Gasteiger partial charge in [-0.05, 0) is 25.1 Å². The highest BCUT2D eigenvalue weighted by molar-refractivity contribution is 6.35. The van der Waals surface area contributed by atoms with E-state index in [4.69, 9.17) is 23.2 Å². The molecule has 0 spiro atoms. The number of amides is 3. The molecule has 1 fully saturated rings. The fourth-order valence-electron chi connectivity index (χ4n) is 1.81. The number of carbonyl (C=O) groups is 3. The van der Waals surface area contributed by atoms with Gasteiger partial charge in [0.15, 0.2) is 0 Å². The topological polar surface area (TPSA) is 66.5 Å². The molecule has 3 amide bonds. The minimum absolute atomic E-state index is 0.171. The molecule has 1 aliphatic rings. The molecule has 1 atom stereocenters. The zero-order valence-electron chi connectivity index (χ0n) is 9.94. The summed E-state index contributed by atoms with van der Waals surface area (Å²) < 4.78 is 0. The Morgan fingerprint density at radius 1 is 1.26 bits per heavy atom. The Labute approximate surface area is 119 Å². The van der Waals surface area contributed by atoms with Gasteiger partial charge in [0, 0.05) is 15.6 Å². The maximum Gasteiger partial charge on any atom is 0.255 e. The number of nitrogens with zero attached hydrogens (tertiary/aromatic N) is 1. The van der Waals surface area contributed by atoms with Crippen molar-refractivity contribution >= 4 is 40.9 Å².